The minimum Gasteiger partial charge on any atom is -0.374 e. The maximum Gasteiger partial charge on any atom is 0.221 e. The summed E-state index contributed by atoms with van der Waals surface area (Å²) in [6.45, 7) is 8.01. The van der Waals surface area contributed by atoms with E-state index in [-0.39, 0.29) is 11.4 Å². The Balaban J connectivity index is 2.71. The summed E-state index contributed by atoms with van der Waals surface area (Å²) in [6.07, 6.45) is 0.508. The van der Waals surface area contributed by atoms with E-state index < -0.39 is 0 Å². The first-order chi connectivity index (χ1) is 9.33. The van der Waals surface area contributed by atoms with Crippen LogP contribution in [0.25, 0.3) is 0 Å². The second-order valence-electron chi connectivity index (χ2n) is 6.08. The number of rotatable bonds is 6. The molecule has 0 aliphatic heterocycles. The average molecular weight is 277 g/mol. The summed E-state index contributed by atoms with van der Waals surface area (Å²) in [5.41, 5.74) is 2.52. The van der Waals surface area contributed by atoms with Crippen molar-refractivity contribution in [2.75, 3.05) is 25.5 Å². The smallest absolute Gasteiger partial charge is 0.221 e. The van der Waals surface area contributed by atoms with Gasteiger partial charge in [-0.15, -0.1) is 0 Å². The molecule has 1 amide bonds. The minimum atomic E-state index is 0.0714. The summed E-state index contributed by atoms with van der Waals surface area (Å²) in [4.78, 5) is 13.5. The van der Waals surface area contributed by atoms with E-state index in [1.807, 2.05) is 13.1 Å². The van der Waals surface area contributed by atoms with Gasteiger partial charge in [0.1, 0.15) is 0 Å². The number of para-hydroxylation sites is 1. The van der Waals surface area contributed by atoms with Gasteiger partial charge in [-0.2, -0.15) is 0 Å². The van der Waals surface area contributed by atoms with E-state index in [0.29, 0.717) is 13.0 Å². The van der Waals surface area contributed by atoms with Crippen LogP contribution in [0.1, 0.15) is 32.8 Å². The molecule has 0 fully saturated rings. The van der Waals surface area contributed by atoms with E-state index in [4.69, 9.17) is 0 Å². The van der Waals surface area contributed by atoms with Crippen LogP contribution in [-0.4, -0.2) is 32.1 Å². The quantitative estimate of drug-likeness (QED) is 0.837. The van der Waals surface area contributed by atoms with Gasteiger partial charge in [0.05, 0.1) is 0 Å². The Morgan fingerprint density at radius 2 is 1.90 bits per heavy atom. The lowest BCUT2D eigenvalue weighted by atomic mass is 10.1. The Bertz CT molecular complexity index is 438. The van der Waals surface area contributed by atoms with E-state index in [2.05, 4.69) is 54.5 Å². The van der Waals surface area contributed by atoms with E-state index in [9.17, 15) is 4.79 Å². The number of nitrogens with one attached hydrogen (secondary N) is 2. The maximum absolute atomic E-state index is 11.3. The number of amides is 1. The third-order valence-corrected chi connectivity index (χ3v) is 3.17. The van der Waals surface area contributed by atoms with Crippen molar-refractivity contribution in [3.05, 3.63) is 29.8 Å². The predicted octanol–water partition coefficient (Wildman–Crippen LogP) is 2.15. The molecule has 112 valence electrons. The molecule has 2 N–H and O–H groups in total. The number of nitrogens with zero attached hydrogens (tertiary/aromatic N) is 1. The topological polar surface area (TPSA) is 44.4 Å². The lowest BCUT2D eigenvalue weighted by molar-refractivity contribution is -0.120. The van der Waals surface area contributed by atoms with Crippen molar-refractivity contribution in [1.29, 1.82) is 0 Å². The van der Waals surface area contributed by atoms with Crippen LogP contribution in [0.2, 0.25) is 0 Å². The van der Waals surface area contributed by atoms with Crippen LogP contribution < -0.4 is 15.5 Å². The number of anilines is 1. The van der Waals surface area contributed by atoms with Crippen LogP contribution >= 0.6 is 0 Å². The Hall–Kier alpha value is -1.55. The molecule has 0 saturated carbocycles. The summed E-state index contributed by atoms with van der Waals surface area (Å²) < 4.78 is 0. The Morgan fingerprint density at radius 1 is 1.25 bits per heavy atom. The molecule has 0 bridgehead atoms. The molecule has 0 spiro atoms. The van der Waals surface area contributed by atoms with Crippen LogP contribution in [0.15, 0.2) is 24.3 Å². The van der Waals surface area contributed by atoms with Crippen molar-refractivity contribution in [2.24, 2.45) is 0 Å². The highest BCUT2D eigenvalue weighted by atomic mass is 16.1. The lowest BCUT2D eigenvalue weighted by Gasteiger charge is -2.25. The summed E-state index contributed by atoms with van der Waals surface area (Å²) in [5.74, 6) is 0.0714. The van der Waals surface area contributed by atoms with Crippen LogP contribution in [0.4, 0.5) is 5.69 Å². The average Bonchev–Trinajstić information content (AvgIpc) is 2.41. The maximum atomic E-state index is 11.3. The van der Waals surface area contributed by atoms with Crippen molar-refractivity contribution in [3.63, 3.8) is 0 Å². The van der Waals surface area contributed by atoms with Crippen LogP contribution in [0.5, 0.6) is 0 Å². The van der Waals surface area contributed by atoms with Crippen LogP contribution in [0, 0.1) is 0 Å². The largest absolute Gasteiger partial charge is 0.374 e. The zero-order valence-electron chi connectivity index (χ0n) is 13.3. The van der Waals surface area contributed by atoms with Crippen molar-refractivity contribution in [1.82, 2.24) is 10.6 Å². The van der Waals surface area contributed by atoms with Gasteiger partial charge in [0.25, 0.3) is 0 Å². The monoisotopic (exact) mass is 277 g/mol. The molecule has 0 radical (unpaired) electrons. The van der Waals surface area contributed by atoms with E-state index in [0.717, 1.165) is 6.54 Å². The Kier molecular flexibility index (Phi) is 6.02. The van der Waals surface area contributed by atoms with Gasteiger partial charge in [-0.05, 0) is 32.4 Å². The SMILES string of the molecule is CNC(=O)CCN(C)c1ccccc1CNC(C)(C)C. The first-order valence-corrected chi connectivity index (χ1v) is 7.08. The molecule has 0 atom stereocenters. The number of carbonyl (C=O) groups excluding carboxylic acids is 1. The van der Waals surface area contributed by atoms with Crippen LogP contribution in [-0.2, 0) is 11.3 Å². The fraction of sp³-hybridized carbons (Fsp3) is 0.562. The molecule has 0 aliphatic carbocycles. The fourth-order valence-corrected chi connectivity index (χ4v) is 1.91. The van der Waals surface area contributed by atoms with Gasteiger partial charge in [-0.25, -0.2) is 0 Å². The zero-order valence-corrected chi connectivity index (χ0v) is 13.3. The molecule has 1 aromatic carbocycles. The highest BCUT2D eigenvalue weighted by Crippen LogP contribution is 2.20. The lowest BCUT2D eigenvalue weighted by Crippen LogP contribution is -2.35. The minimum absolute atomic E-state index is 0.0714. The molecule has 0 saturated heterocycles. The third kappa shape index (κ3) is 5.61. The Morgan fingerprint density at radius 3 is 2.50 bits per heavy atom. The van der Waals surface area contributed by atoms with Gasteiger partial charge in [0.2, 0.25) is 5.91 Å². The van der Waals surface area contributed by atoms with Gasteiger partial charge in [-0.1, -0.05) is 18.2 Å². The summed E-state index contributed by atoms with van der Waals surface area (Å²) in [7, 11) is 3.70. The molecule has 1 rings (SSSR count). The number of hydrogen-bond acceptors (Lipinski definition) is 3. The standard InChI is InChI=1S/C16H27N3O/c1-16(2,3)18-12-13-8-6-7-9-14(13)19(5)11-10-15(20)17-4/h6-9,18H,10-12H2,1-5H3,(H,17,20). The second kappa shape index (κ2) is 7.29. The zero-order chi connectivity index (χ0) is 15.2. The number of benzene rings is 1. The van der Waals surface area contributed by atoms with Gasteiger partial charge in [-0.3, -0.25) is 4.79 Å². The Labute approximate surface area is 122 Å². The highest BCUT2D eigenvalue weighted by Gasteiger charge is 2.12. The second-order valence-corrected chi connectivity index (χ2v) is 6.08. The molecule has 20 heavy (non-hydrogen) atoms. The normalized spacial score (nSPS) is 11.2. The molecule has 1 aromatic rings. The molecule has 0 heterocycles. The number of carbonyl (C=O) groups is 1. The van der Waals surface area contributed by atoms with Crippen LogP contribution in [0.3, 0.4) is 0 Å². The molecule has 4 nitrogen and oxygen atoms in total. The van der Waals surface area contributed by atoms with Crippen molar-refractivity contribution >= 4 is 11.6 Å². The van der Waals surface area contributed by atoms with E-state index >= 15 is 0 Å². The molecular formula is C16H27N3O. The molecular weight excluding hydrogens is 250 g/mol. The van der Waals surface area contributed by atoms with Crippen molar-refractivity contribution in [3.8, 4) is 0 Å². The predicted molar refractivity (Wildman–Crippen MR) is 85.0 cm³/mol. The van der Waals surface area contributed by atoms with Gasteiger partial charge >= 0.3 is 0 Å². The first kappa shape index (κ1) is 16.5. The summed E-state index contributed by atoms with van der Waals surface area (Å²) in [6, 6.07) is 8.32. The molecule has 0 aromatic heterocycles. The van der Waals surface area contributed by atoms with Crippen molar-refractivity contribution < 1.29 is 4.79 Å². The molecule has 0 unspecified atom stereocenters. The third-order valence-electron chi connectivity index (χ3n) is 3.17. The summed E-state index contributed by atoms with van der Waals surface area (Å²) in [5, 5.41) is 6.16. The van der Waals surface area contributed by atoms with Gasteiger partial charge in [0, 0.05) is 44.8 Å². The van der Waals surface area contributed by atoms with Crippen molar-refractivity contribution in [2.45, 2.75) is 39.3 Å². The number of hydrogen-bond donors (Lipinski definition) is 2. The highest BCUT2D eigenvalue weighted by molar-refractivity contribution is 5.76. The summed E-state index contributed by atoms with van der Waals surface area (Å²) >= 11 is 0. The van der Waals surface area contributed by atoms with E-state index in [1.54, 1.807) is 7.05 Å². The van der Waals surface area contributed by atoms with E-state index in [1.165, 1.54) is 11.3 Å². The first-order valence-electron chi connectivity index (χ1n) is 7.08. The van der Waals surface area contributed by atoms with Gasteiger partial charge in [0.15, 0.2) is 0 Å². The molecule has 4 heteroatoms. The fourth-order valence-electron chi connectivity index (χ4n) is 1.91. The van der Waals surface area contributed by atoms with Gasteiger partial charge < -0.3 is 15.5 Å². The molecule has 0 aliphatic rings.